The van der Waals surface area contributed by atoms with E-state index in [9.17, 15) is 13.2 Å². The molecule has 1 unspecified atom stereocenters. The molecule has 0 aliphatic carbocycles. The van der Waals surface area contributed by atoms with Gasteiger partial charge in [0, 0.05) is 6.42 Å². The molecule has 1 nitrogen and oxygen atoms in total. The summed E-state index contributed by atoms with van der Waals surface area (Å²) in [6.45, 7) is 3.74. The largest absolute Gasteiger partial charge is 0.393 e. The molecule has 1 N–H and O–H groups in total. The first-order valence-corrected chi connectivity index (χ1v) is 4.06. The molecule has 0 heterocycles. The Morgan fingerprint density at radius 3 is 2.08 bits per heavy atom. The zero-order chi connectivity index (χ0) is 9.78. The minimum Gasteiger partial charge on any atom is -0.393 e. The number of hydrogen-bond acceptors (Lipinski definition) is 1. The van der Waals surface area contributed by atoms with Crippen LogP contribution in [0.2, 0.25) is 0 Å². The molecule has 0 radical (unpaired) electrons. The molecular weight excluding hydrogens is 169 g/mol. The molecule has 0 aliphatic rings. The maximum atomic E-state index is 11.6. The Morgan fingerprint density at radius 2 is 1.75 bits per heavy atom. The molecule has 0 aromatic rings. The van der Waals surface area contributed by atoms with Gasteiger partial charge in [-0.2, -0.15) is 13.2 Å². The number of rotatable bonds is 4. The van der Waals surface area contributed by atoms with Gasteiger partial charge in [-0.1, -0.05) is 13.8 Å². The summed E-state index contributed by atoms with van der Waals surface area (Å²) < 4.78 is 34.9. The van der Waals surface area contributed by atoms with Crippen molar-refractivity contribution >= 4 is 0 Å². The van der Waals surface area contributed by atoms with Crippen LogP contribution >= 0.6 is 0 Å². The molecule has 0 spiro atoms. The molecule has 12 heavy (non-hydrogen) atoms. The van der Waals surface area contributed by atoms with Crippen molar-refractivity contribution < 1.29 is 18.3 Å². The average molecular weight is 184 g/mol. The van der Waals surface area contributed by atoms with E-state index >= 15 is 0 Å². The third-order valence-corrected chi connectivity index (χ3v) is 1.50. The van der Waals surface area contributed by atoms with E-state index in [2.05, 4.69) is 0 Å². The predicted molar refractivity (Wildman–Crippen MR) is 40.8 cm³/mol. The maximum absolute atomic E-state index is 11.6. The van der Waals surface area contributed by atoms with Crippen LogP contribution in [-0.4, -0.2) is 17.4 Å². The van der Waals surface area contributed by atoms with Gasteiger partial charge in [0.2, 0.25) is 0 Å². The van der Waals surface area contributed by atoms with Gasteiger partial charge in [-0.15, -0.1) is 0 Å². The summed E-state index contributed by atoms with van der Waals surface area (Å²) in [5.74, 6) is 0.244. The molecule has 0 aromatic carbocycles. The zero-order valence-corrected chi connectivity index (χ0v) is 7.36. The molecule has 0 bridgehead atoms. The minimum absolute atomic E-state index is 0.179. The topological polar surface area (TPSA) is 20.2 Å². The van der Waals surface area contributed by atoms with Crippen molar-refractivity contribution in [3.8, 4) is 0 Å². The van der Waals surface area contributed by atoms with Crippen LogP contribution in [0.5, 0.6) is 0 Å². The molecule has 0 saturated carbocycles. The van der Waals surface area contributed by atoms with E-state index in [1.54, 1.807) is 0 Å². The summed E-state index contributed by atoms with van der Waals surface area (Å²) in [5, 5.41) is 9.08. The molecule has 4 heteroatoms. The van der Waals surface area contributed by atoms with Gasteiger partial charge in [-0.25, -0.2) is 0 Å². The van der Waals surface area contributed by atoms with Crippen LogP contribution in [0.25, 0.3) is 0 Å². The highest BCUT2D eigenvalue weighted by Gasteiger charge is 2.27. The van der Waals surface area contributed by atoms with Crippen LogP contribution in [-0.2, 0) is 0 Å². The van der Waals surface area contributed by atoms with E-state index in [0.717, 1.165) is 0 Å². The van der Waals surface area contributed by atoms with Crippen molar-refractivity contribution in [2.45, 2.75) is 45.4 Å². The molecule has 0 fully saturated rings. The Labute approximate surface area is 70.6 Å². The van der Waals surface area contributed by atoms with Crippen LogP contribution in [0, 0.1) is 5.92 Å². The predicted octanol–water partition coefficient (Wildman–Crippen LogP) is 2.74. The number of alkyl halides is 3. The lowest BCUT2D eigenvalue weighted by Gasteiger charge is -2.13. The second-order valence-electron chi connectivity index (χ2n) is 3.44. The fourth-order valence-corrected chi connectivity index (χ4v) is 0.992. The lowest BCUT2D eigenvalue weighted by Crippen LogP contribution is -2.15. The van der Waals surface area contributed by atoms with Gasteiger partial charge in [0.25, 0.3) is 0 Å². The van der Waals surface area contributed by atoms with E-state index in [-0.39, 0.29) is 12.3 Å². The van der Waals surface area contributed by atoms with Gasteiger partial charge in [0.1, 0.15) is 0 Å². The van der Waals surface area contributed by atoms with Gasteiger partial charge >= 0.3 is 6.18 Å². The second-order valence-corrected chi connectivity index (χ2v) is 3.44. The molecule has 0 aliphatic heterocycles. The van der Waals surface area contributed by atoms with Crippen molar-refractivity contribution in [1.82, 2.24) is 0 Å². The molecule has 74 valence electrons. The quantitative estimate of drug-likeness (QED) is 0.712. The van der Waals surface area contributed by atoms with Gasteiger partial charge in [-0.05, 0) is 18.8 Å². The van der Waals surface area contributed by atoms with E-state index in [1.807, 2.05) is 13.8 Å². The number of aliphatic hydroxyl groups excluding tert-OH is 1. The highest BCUT2D eigenvalue weighted by Crippen LogP contribution is 2.23. The van der Waals surface area contributed by atoms with E-state index in [0.29, 0.717) is 6.42 Å². The smallest absolute Gasteiger partial charge is 0.389 e. The third kappa shape index (κ3) is 7.85. The van der Waals surface area contributed by atoms with Crippen LogP contribution in [0.4, 0.5) is 13.2 Å². The van der Waals surface area contributed by atoms with Crippen LogP contribution < -0.4 is 0 Å². The first-order valence-electron chi connectivity index (χ1n) is 4.06. The van der Waals surface area contributed by atoms with E-state index in [4.69, 9.17) is 5.11 Å². The Bertz CT molecular complexity index is 120. The van der Waals surface area contributed by atoms with Gasteiger partial charge in [-0.3, -0.25) is 0 Å². The van der Waals surface area contributed by atoms with Crippen LogP contribution in [0.3, 0.4) is 0 Å². The molecular formula is C8H15F3O. The van der Waals surface area contributed by atoms with Crippen LogP contribution in [0.15, 0.2) is 0 Å². The number of halogens is 3. The lowest BCUT2D eigenvalue weighted by atomic mass is 10.0. The zero-order valence-electron chi connectivity index (χ0n) is 7.36. The highest BCUT2D eigenvalue weighted by atomic mass is 19.4. The summed E-state index contributed by atoms with van der Waals surface area (Å²) in [6, 6.07) is 0. The summed E-state index contributed by atoms with van der Waals surface area (Å²) in [6.07, 6.45) is -5.58. The minimum atomic E-state index is -4.14. The maximum Gasteiger partial charge on any atom is 0.389 e. The third-order valence-electron chi connectivity index (χ3n) is 1.50. The first-order chi connectivity index (χ1) is 5.31. The SMILES string of the molecule is CC(C)CC(O)CCC(F)(F)F. The van der Waals surface area contributed by atoms with Gasteiger partial charge in [0.15, 0.2) is 0 Å². The Hall–Kier alpha value is -0.250. The van der Waals surface area contributed by atoms with E-state index in [1.165, 1.54) is 0 Å². The Balaban J connectivity index is 3.51. The average Bonchev–Trinajstić information content (AvgIpc) is 1.80. The molecule has 0 rings (SSSR count). The van der Waals surface area contributed by atoms with Crippen molar-refractivity contribution in [1.29, 1.82) is 0 Å². The van der Waals surface area contributed by atoms with Gasteiger partial charge < -0.3 is 5.11 Å². The molecule has 0 saturated heterocycles. The molecule has 1 atom stereocenters. The summed E-state index contributed by atoms with van der Waals surface area (Å²) in [5.41, 5.74) is 0. The van der Waals surface area contributed by atoms with E-state index < -0.39 is 18.7 Å². The Kier molecular flexibility index (Phi) is 4.60. The normalized spacial score (nSPS) is 15.2. The highest BCUT2D eigenvalue weighted by molar-refractivity contribution is 4.61. The number of aliphatic hydroxyl groups is 1. The first kappa shape index (κ1) is 11.8. The fourth-order valence-electron chi connectivity index (χ4n) is 0.992. The molecule has 0 aromatic heterocycles. The number of hydrogen-bond donors (Lipinski definition) is 1. The van der Waals surface area contributed by atoms with Crippen molar-refractivity contribution in [3.05, 3.63) is 0 Å². The summed E-state index contributed by atoms with van der Waals surface area (Å²) in [4.78, 5) is 0. The Morgan fingerprint density at radius 1 is 1.25 bits per heavy atom. The van der Waals surface area contributed by atoms with Crippen LogP contribution in [0.1, 0.15) is 33.1 Å². The fraction of sp³-hybridized carbons (Fsp3) is 1.00. The van der Waals surface area contributed by atoms with Crippen molar-refractivity contribution in [2.75, 3.05) is 0 Å². The lowest BCUT2D eigenvalue weighted by molar-refractivity contribution is -0.140. The van der Waals surface area contributed by atoms with Crippen molar-refractivity contribution in [3.63, 3.8) is 0 Å². The standard InChI is InChI=1S/C8H15F3O/c1-6(2)5-7(12)3-4-8(9,10)11/h6-7,12H,3-5H2,1-2H3. The monoisotopic (exact) mass is 184 g/mol. The van der Waals surface area contributed by atoms with Crippen molar-refractivity contribution in [2.24, 2.45) is 5.92 Å². The molecule has 0 amide bonds. The summed E-state index contributed by atoms with van der Waals surface area (Å²) >= 11 is 0. The summed E-state index contributed by atoms with van der Waals surface area (Å²) in [7, 11) is 0. The van der Waals surface area contributed by atoms with Gasteiger partial charge in [0.05, 0.1) is 6.10 Å². The second kappa shape index (κ2) is 4.70.